The molecule has 0 saturated carbocycles. The first-order valence-electron chi connectivity index (χ1n) is 9.35. The molecule has 2 aromatic rings. The Hall–Kier alpha value is -2.77. The predicted molar refractivity (Wildman–Crippen MR) is 120 cm³/mol. The van der Waals surface area contributed by atoms with Crippen molar-refractivity contribution in [1.82, 2.24) is 4.90 Å². The zero-order chi connectivity index (χ0) is 21.7. The number of rotatable bonds is 7. The molecule has 0 aromatic heterocycles. The third-order valence-electron chi connectivity index (χ3n) is 4.06. The lowest BCUT2D eigenvalue weighted by Gasteiger charge is -2.12. The van der Waals surface area contributed by atoms with Gasteiger partial charge in [-0.15, -0.1) is 0 Å². The molecular weight excluding hydrogens is 424 g/mol. The van der Waals surface area contributed by atoms with E-state index in [0.29, 0.717) is 23.2 Å². The van der Waals surface area contributed by atoms with Gasteiger partial charge in [0.2, 0.25) is 5.91 Å². The quantitative estimate of drug-likeness (QED) is 0.605. The molecule has 1 heterocycles. The molecule has 0 aliphatic carbocycles. The number of anilines is 1. The van der Waals surface area contributed by atoms with Gasteiger partial charge in [0.1, 0.15) is 12.3 Å². The molecule has 1 N–H and O–H groups in total. The topological polar surface area (TPSA) is 75.7 Å². The highest BCUT2D eigenvalue weighted by Gasteiger charge is 2.36. The number of halogens is 1. The summed E-state index contributed by atoms with van der Waals surface area (Å²) in [5.41, 5.74) is 1.30. The summed E-state index contributed by atoms with van der Waals surface area (Å²) in [7, 11) is 0. The van der Waals surface area contributed by atoms with Gasteiger partial charge in [-0.1, -0.05) is 37.6 Å². The summed E-state index contributed by atoms with van der Waals surface area (Å²) in [5, 5.41) is 2.71. The van der Waals surface area contributed by atoms with Crippen LogP contribution in [0.4, 0.5) is 10.5 Å². The smallest absolute Gasteiger partial charge is 0.294 e. The molecule has 0 unspecified atom stereocenters. The number of carbonyl (C=O) groups is 3. The van der Waals surface area contributed by atoms with E-state index in [0.717, 1.165) is 28.0 Å². The minimum absolute atomic E-state index is 0.273. The maximum atomic E-state index is 12.6. The molecule has 3 amide bonds. The van der Waals surface area contributed by atoms with Crippen LogP contribution in [0, 0.1) is 5.92 Å². The summed E-state index contributed by atoms with van der Waals surface area (Å²) in [6.45, 7) is 4.41. The van der Waals surface area contributed by atoms with Crippen LogP contribution in [0.15, 0.2) is 53.4 Å². The summed E-state index contributed by atoms with van der Waals surface area (Å²) in [6.07, 6.45) is 1.63. The highest BCUT2D eigenvalue weighted by molar-refractivity contribution is 8.18. The van der Waals surface area contributed by atoms with E-state index >= 15 is 0 Å². The Morgan fingerprint density at radius 1 is 1.13 bits per heavy atom. The molecular formula is C22H21ClN2O4S. The lowest BCUT2D eigenvalue weighted by molar-refractivity contribution is -0.127. The molecule has 1 saturated heterocycles. The Balaban J connectivity index is 1.62. The van der Waals surface area contributed by atoms with Crippen LogP contribution in [0.2, 0.25) is 5.02 Å². The maximum absolute atomic E-state index is 12.6. The van der Waals surface area contributed by atoms with Crippen molar-refractivity contribution in [2.24, 2.45) is 5.92 Å². The van der Waals surface area contributed by atoms with Crippen molar-refractivity contribution in [3.05, 3.63) is 64.0 Å². The third-order valence-corrected chi connectivity index (χ3v) is 5.22. The first-order valence-corrected chi connectivity index (χ1v) is 10.5. The van der Waals surface area contributed by atoms with Crippen LogP contribution in [-0.4, -0.2) is 35.1 Å². The fourth-order valence-electron chi connectivity index (χ4n) is 2.59. The second kappa shape index (κ2) is 9.82. The number of ether oxygens (including phenoxy) is 1. The summed E-state index contributed by atoms with van der Waals surface area (Å²) in [6, 6.07) is 13.8. The monoisotopic (exact) mass is 444 g/mol. The molecule has 1 fully saturated rings. The van der Waals surface area contributed by atoms with Gasteiger partial charge in [-0.3, -0.25) is 19.3 Å². The first kappa shape index (κ1) is 21.9. The van der Waals surface area contributed by atoms with E-state index in [1.807, 2.05) is 24.3 Å². The van der Waals surface area contributed by atoms with Gasteiger partial charge < -0.3 is 10.1 Å². The van der Waals surface area contributed by atoms with Crippen molar-refractivity contribution < 1.29 is 19.1 Å². The van der Waals surface area contributed by atoms with Gasteiger partial charge in [-0.05, 0) is 65.7 Å². The third kappa shape index (κ3) is 5.87. The molecule has 0 radical (unpaired) electrons. The van der Waals surface area contributed by atoms with Gasteiger partial charge in [0.15, 0.2) is 0 Å². The highest BCUT2D eigenvalue weighted by Crippen LogP contribution is 2.32. The standard InChI is InChI=1S/C22H21ClN2O4S/c1-14(2)13-29-18-9-3-15(4-10-18)11-19-21(27)25(22(28)30-19)12-20(26)24-17-7-5-16(23)6-8-17/h3-11,14H,12-13H2,1-2H3,(H,24,26)/b19-11-. The molecule has 6 nitrogen and oxygen atoms in total. The SMILES string of the molecule is CC(C)COc1ccc(/C=C2\SC(=O)N(CC(=O)Nc3ccc(Cl)cc3)C2=O)cc1. The van der Waals surface area contributed by atoms with Gasteiger partial charge in [-0.25, -0.2) is 0 Å². The van der Waals surface area contributed by atoms with Crippen LogP contribution in [-0.2, 0) is 9.59 Å². The van der Waals surface area contributed by atoms with Crippen LogP contribution in [0.1, 0.15) is 19.4 Å². The average Bonchev–Trinajstić information content (AvgIpc) is 2.96. The number of hydrogen-bond donors (Lipinski definition) is 1. The van der Waals surface area contributed by atoms with E-state index in [2.05, 4.69) is 19.2 Å². The van der Waals surface area contributed by atoms with Gasteiger partial charge in [-0.2, -0.15) is 0 Å². The molecule has 3 rings (SSSR count). The summed E-state index contributed by atoms with van der Waals surface area (Å²) >= 11 is 6.63. The van der Waals surface area contributed by atoms with Crippen LogP contribution in [0.3, 0.4) is 0 Å². The Morgan fingerprint density at radius 2 is 1.80 bits per heavy atom. The number of carbonyl (C=O) groups excluding carboxylic acids is 3. The lowest BCUT2D eigenvalue weighted by atomic mass is 10.2. The average molecular weight is 445 g/mol. The van der Waals surface area contributed by atoms with Gasteiger partial charge in [0.25, 0.3) is 11.1 Å². The number of hydrogen-bond acceptors (Lipinski definition) is 5. The van der Waals surface area contributed by atoms with Crippen molar-refractivity contribution in [3.63, 3.8) is 0 Å². The molecule has 156 valence electrons. The molecule has 1 aliphatic heterocycles. The normalized spacial score (nSPS) is 15.2. The molecule has 2 aromatic carbocycles. The van der Waals surface area contributed by atoms with Crippen molar-refractivity contribution in [2.45, 2.75) is 13.8 Å². The van der Waals surface area contributed by atoms with E-state index in [-0.39, 0.29) is 11.4 Å². The molecule has 30 heavy (non-hydrogen) atoms. The zero-order valence-corrected chi connectivity index (χ0v) is 18.1. The van der Waals surface area contributed by atoms with Crippen LogP contribution in [0.25, 0.3) is 6.08 Å². The lowest BCUT2D eigenvalue weighted by Crippen LogP contribution is -2.36. The molecule has 1 aliphatic rings. The minimum Gasteiger partial charge on any atom is -0.493 e. The van der Waals surface area contributed by atoms with Crippen LogP contribution in [0.5, 0.6) is 5.75 Å². The van der Waals surface area contributed by atoms with Gasteiger partial charge in [0.05, 0.1) is 11.5 Å². The van der Waals surface area contributed by atoms with Crippen molar-refractivity contribution in [1.29, 1.82) is 0 Å². The number of imide groups is 1. The Kier molecular flexibility index (Phi) is 7.18. The van der Waals surface area contributed by atoms with E-state index in [1.165, 1.54) is 0 Å². The minimum atomic E-state index is -0.489. The Labute approximate surface area is 184 Å². The summed E-state index contributed by atoms with van der Waals surface area (Å²) in [5.74, 6) is 0.213. The van der Waals surface area contributed by atoms with Gasteiger partial charge >= 0.3 is 0 Å². The van der Waals surface area contributed by atoms with Crippen molar-refractivity contribution in [3.8, 4) is 5.75 Å². The summed E-state index contributed by atoms with van der Waals surface area (Å²) in [4.78, 5) is 38.3. The van der Waals surface area contributed by atoms with Gasteiger partial charge in [0, 0.05) is 10.7 Å². The Morgan fingerprint density at radius 3 is 2.43 bits per heavy atom. The second-order valence-electron chi connectivity index (χ2n) is 7.10. The van der Waals surface area contributed by atoms with E-state index in [9.17, 15) is 14.4 Å². The number of amides is 3. The second-order valence-corrected chi connectivity index (χ2v) is 8.53. The number of nitrogens with zero attached hydrogens (tertiary/aromatic N) is 1. The van der Waals surface area contributed by atoms with E-state index in [1.54, 1.807) is 30.3 Å². The van der Waals surface area contributed by atoms with Crippen molar-refractivity contribution in [2.75, 3.05) is 18.5 Å². The fourth-order valence-corrected chi connectivity index (χ4v) is 3.55. The zero-order valence-electron chi connectivity index (χ0n) is 16.6. The number of nitrogens with one attached hydrogen (secondary N) is 1. The molecule has 8 heteroatoms. The van der Waals surface area contributed by atoms with Crippen LogP contribution < -0.4 is 10.1 Å². The Bertz CT molecular complexity index is 972. The highest BCUT2D eigenvalue weighted by atomic mass is 35.5. The number of thioether (sulfide) groups is 1. The molecule has 0 spiro atoms. The van der Waals surface area contributed by atoms with Crippen LogP contribution >= 0.6 is 23.4 Å². The first-order chi connectivity index (χ1) is 14.3. The molecule has 0 atom stereocenters. The maximum Gasteiger partial charge on any atom is 0.294 e. The fraction of sp³-hybridized carbons (Fsp3) is 0.227. The van der Waals surface area contributed by atoms with E-state index < -0.39 is 17.1 Å². The largest absolute Gasteiger partial charge is 0.493 e. The van der Waals surface area contributed by atoms with E-state index in [4.69, 9.17) is 16.3 Å². The summed E-state index contributed by atoms with van der Waals surface area (Å²) < 4.78 is 5.64. The van der Waals surface area contributed by atoms with Crippen molar-refractivity contribution >= 4 is 52.2 Å². The predicted octanol–water partition coefficient (Wildman–Crippen LogP) is 5.05. The molecule has 0 bridgehead atoms. The number of benzene rings is 2.